The van der Waals surface area contributed by atoms with Gasteiger partial charge in [-0.3, -0.25) is 9.59 Å². The lowest BCUT2D eigenvalue weighted by atomic mass is 9.99. The van der Waals surface area contributed by atoms with Crippen molar-refractivity contribution in [3.63, 3.8) is 0 Å². The summed E-state index contributed by atoms with van der Waals surface area (Å²) in [6, 6.07) is 5.22. The largest absolute Gasteiger partial charge is 0.481 e. The van der Waals surface area contributed by atoms with Crippen molar-refractivity contribution in [2.24, 2.45) is 11.8 Å². The molecule has 1 aliphatic heterocycles. The van der Waals surface area contributed by atoms with E-state index in [-0.39, 0.29) is 18.4 Å². The van der Waals surface area contributed by atoms with Gasteiger partial charge >= 0.3 is 5.97 Å². The van der Waals surface area contributed by atoms with E-state index in [1.165, 1.54) is 0 Å². The van der Waals surface area contributed by atoms with Gasteiger partial charge in [0.05, 0.1) is 5.92 Å². The third-order valence-corrected chi connectivity index (χ3v) is 3.82. The average Bonchev–Trinajstić information content (AvgIpc) is 2.74. The Kier molecular flexibility index (Phi) is 3.46. The number of likely N-dealkylation sites (tertiary alicyclic amines) is 1. The summed E-state index contributed by atoms with van der Waals surface area (Å²) in [6.07, 6.45) is 0. The minimum absolute atomic E-state index is 0.0252. The number of nitrogens with zero attached hydrogens (tertiary/aromatic N) is 1. The molecule has 1 aromatic rings. The molecule has 2 rings (SSSR count). The van der Waals surface area contributed by atoms with Crippen LogP contribution in [0.4, 0.5) is 5.69 Å². The maximum absolute atomic E-state index is 12.4. The van der Waals surface area contributed by atoms with Crippen molar-refractivity contribution in [1.82, 2.24) is 4.90 Å². The van der Waals surface area contributed by atoms with E-state index in [1.54, 1.807) is 30.0 Å². The normalized spacial score (nSPS) is 22.5. The molecule has 1 amide bonds. The van der Waals surface area contributed by atoms with Gasteiger partial charge in [-0.25, -0.2) is 0 Å². The summed E-state index contributed by atoms with van der Waals surface area (Å²) in [5.74, 6) is -1.49. The molecule has 1 aromatic carbocycles. The highest BCUT2D eigenvalue weighted by atomic mass is 16.4. The van der Waals surface area contributed by atoms with Crippen molar-refractivity contribution in [1.29, 1.82) is 0 Å². The quantitative estimate of drug-likeness (QED) is 0.788. The van der Waals surface area contributed by atoms with Gasteiger partial charge in [0, 0.05) is 24.3 Å². The van der Waals surface area contributed by atoms with Crippen LogP contribution in [0.1, 0.15) is 22.8 Å². The summed E-state index contributed by atoms with van der Waals surface area (Å²) in [5, 5.41) is 9.09. The number of nitrogen functional groups attached to an aromatic ring is 1. The molecule has 0 aliphatic carbocycles. The van der Waals surface area contributed by atoms with E-state index in [9.17, 15) is 9.59 Å². The molecule has 0 saturated carbocycles. The Morgan fingerprint density at radius 2 is 2.05 bits per heavy atom. The Labute approximate surface area is 112 Å². The van der Waals surface area contributed by atoms with E-state index >= 15 is 0 Å². The summed E-state index contributed by atoms with van der Waals surface area (Å²) in [5.41, 5.74) is 7.67. The first-order valence-corrected chi connectivity index (χ1v) is 6.29. The number of aliphatic carboxylic acids is 1. The first-order chi connectivity index (χ1) is 8.91. The van der Waals surface area contributed by atoms with Crippen molar-refractivity contribution >= 4 is 17.6 Å². The SMILES string of the molecule is Cc1c(N)cccc1C(=O)N1C[C@@H](C)[C@H](C(=O)O)C1. The van der Waals surface area contributed by atoms with Gasteiger partial charge in [0.25, 0.3) is 5.91 Å². The molecule has 19 heavy (non-hydrogen) atoms. The Morgan fingerprint density at radius 3 is 2.63 bits per heavy atom. The van der Waals surface area contributed by atoms with Gasteiger partial charge in [-0.15, -0.1) is 0 Å². The first-order valence-electron chi connectivity index (χ1n) is 6.29. The van der Waals surface area contributed by atoms with Crippen molar-refractivity contribution in [3.05, 3.63) is 29.3 Å². The Hall–Kier alpha value is -2.04. The lowest BCUT2D eigenvalue weighted by molar-refractivity contribution is -0.142. The Bertz CT molecular complexity index is 527. The minimum Gasteiger partial charge on any atom is -0.481 e. The van der Waals surface area contributed by atoms with Crippen LogP contribution >= 0.6 is 0 Å². The fourth-order valence-electron chi connectivity index (χ4n) is 2.51. The molecular weight excluding hydrogens is 244 g/mol. The maximum Gasteiger partial charge on any atom is 0.308 e. The molecule has 0 spiro atoms. The van der Waals surface area contributed by atoms with Crippen molar-refractivity contribution < 1.29 is 14.7 Å². The molecule has 3 N–H and O–H groups in total. The van der Waals surface area contributed by atoms with Crippen LogP contribution in [0.15, 0.2) is 18.2 Å². The molecule has 0 aromatic heterocycles. The fourth-order valence-corrected chi connectivity index (χ4v) is 2.51. The molecule has 1 fully saturated rings. The molecule has 0 bridgehead atoms. The van der Waals surface area contributed by atoms with E-state index in [0.717, 1.165) is 5.56 Å². The number of hydrogen-bond donors (Lipinski definition) is 2. The molecule has 102 valence electrons. The van der Waals surface area contributed by atoms with Crippen LogP contribution in [0.25, 0.3) is 0 Å². The summed E-state index contributed by atoms with van der Waals surface area (Å²) >= 11 is 0. The van der Waals surface area contributed by atoms with Crippen LogP contribution < -0.4 is 5.73 Å². The van der Waals surface area contributed by atoms with Crippen molar-refractivity contribution in [2.45, 2.75) is 13.8 Å². The first kappa shape index (κ1) is 13.4. The second-order valence-electron chi connectivity index (χ2n) is 5.15. The predicted molar refractivity (Wildman–Crippen MR) is 71.8 cm³/mol. The lowest BCUT2D eigenvalue weighted by Crippen LogP contribution is -2.30. The zero-order valence-electron chi connectivity index (χ0n) is 11.1. The third-order valence-electron chi connectivity index (χ3n) is 3.82. The number of carbonyl (C=O) groups is 2. The van der Waals surface area contributed by atoms with Gasteiger partial charge < -0.3 is 15.7 Å². The van der Waals surface area contributed by atoms with Gasteiger partial charge in [-0.05, 0) is 30.5 Å². The summed E-state index contributed by atoms with van der Waals surface area (Å²) in [6.45, 7) is 4.41. The summed E-state index contributed by atoms with van der Waals surface area (Å²) < 4.78 is 0. The molecule has 1 heterocycles. The average molecular weight is 262 g/mol. The van der Waals surface area contributed by atoms with Crippen LogP contribution in [0.2, 0.25) is 0 Å². The Morgan fingerprint density at radius 1 is 1.37 bits per heavy atom. The minimum atomic E-state index is -0.841. The highest BCUT2D eigenvalue weighted by Gasteiger charge is 2.37. The molecule has 1 saturated heterocycles. The molecule has 1 aliphatic rings. The number of carboxylic acid groups (broad SMARTS) is 1. The Balaban J connectivity index is 2.22. The van der Waals surface area contributed by atoms with Gasteiger partial charge in [0.2, 0.25) is 0 Å². The molecule has 5 heteroatoms. The van der Waals surface area contributed by atoms with E-state index in [2.05, 4.69) is 0 Å². The van der Waals surface area contributed by atoms with Crippen LogP contribution in [0.3, 0.4) is 0 Å². The highest BCUT2D eigenvalue weighted by Crippen LogP contribution is 2.26. The zero-order chi connectivity index (χ0) is 14.2. The summed E-state index contributed by atoms with van der Waals surface area (Å²) in [4.78, 5) is 25.1. The number of carbonyl (C=O) groups excluding carboxylic acids is 1. The monoisotopic (exact) mass is 262 g/mol. The van der Waals surface area contributed by atoms with Crippen LogP contribution in [-0.4, -0.2) is 35.0 Å². The van der Waals surface area contributed by atoms with Crippen LogP contribution in [-0.2, 0) is 4.79 Å². The second-order valence-corrected chi connectivity index (χ2v) is 5.15. The topological polar surface area (TPSA) is 83.6 Å². The fraction of sp³-hybridized carbons (Fsp3) is 0.429. The number of nitrogens with two attached hydrogens (primary N) is 1. The molecule has 2 atom stereocenters. The van der Waals surface area contributed by atoms with E-state index in [4.69, 9.17) is 10.8 Å². The van der Waals surface area contributed by atoms with Gasteiger partial charge in [-0.2, -0.15) is 0 Å². The van der Waals surface area contributed by atoms with Gasteiger partial charge in [0.1, 0.15) is 0 Å². The maximum atomic E-state index is 12.4. The molecule has 5 nitrogen and oxygen atoms in total. The number of rotatable bonds is 2. The van der Waals surface area contributed by atoms with Crippen molar-refractivity contribution in [3.8, 4) is 0 Å². The number of anilines is 1. The third kappa shape index (κ3) is 2.41. The predicted octanol–water partition coefficient (Wildman–Crippen LogP) is 1.37. The number of carboxylic acids is 1. The number of hydrogen-bond acceptors (Lipinski definition) is 3. The summed E-state index contributed by atoms with van der Waals surface area (Å²) in [7, 11) is 0. The lowest BCUT2D eigenvalue weighted by Gasteiger charge is -2.18. The standard InChI is InChI=1S/C14H18N2O3/c1-8-6-16(7-11(8)14(18)19)13(17)10-4-3-5-12(15)9(10)2/h3-5,8,11H,6-7,15H2,1-2H3,(H,18,19)/t8-,11-/m1/s1. The molecular formula is C14H18N2O3. The number of benzene rings is 1. The van der Waals surface area contributed by atoms with Crippen LogP contribution in [0, 0.1) is 18.8 Å². The van der Waals surface area contributed by atoms with Gasteiger partial charge in [0.15, 0.2) is 0 Å². The van der Waals surface area contributed by atoms with E-state index in [1.807, 2.05) is 6.92 Å². The number of amides is 1. The molecule has 0 radical (unpaired) electrons. The van der Waals surface area contributed by atoms with Crippen molar-refractivity contribution in [2.75, 3.05) is 18.8 Å². The zero-order valence-corrected chi connectivity index (χ0v) is 11.1. The molecule has 0 unspecified atom stereocenters. The highest BCUT2D eigenvalue weighted by molar-refractivity contribution is 5.97. The van der Waals surface area contributed by atoms with E-state index in [0.29, 0.717) is 17.8 Å². The van der Waals surface area contributed by atoms with Crippen LogP contribution in [0.5, 0.6) is 0 Å². The smallest absolute Gasteiger partial charge is 0.308 e. The second kappa shape index (κ2) is 4.91. The van der Waals surface area contributed by atoms with E-state index < -0.39 is 11.9 Å². The van der Waals surface area contributed by atoms with Gasteiger partial charge in [-0.1, -0.05) is 13.0 Å².